The van der Waals surface area contributed by atoms with E-state index in [0.717, 1.165) is 24.0 Å². The van der Waals surface area contributed by atoms with E-state index in [1.54, 1.807) is 24.3 Å². The van der Waals surface area contributed by atoms with Gasteiger partial charge in [-0.05, 0) is 68.0 Å². The van der Waals surface area contributed by atoms with Crippen molar-refractivity contribution in [2.75, 3.05) is 13.7 Å². The summed E-state index contributed by atoms with van der Waals surface area (Å²) in [5.41, 5.74) is 0.453. The molecule has 2 N–H and O–H groups in total. The Kier molecular flexibility index (Phi) is 4.66. The van der Waals surface area contributed by atoms with E-state index in [1.165, 1.54) is 13.4 Å². The number of rotatable bonds is 7. The van der Waals surface area contributed by atoms with Gasteiger partial charge in [0, 0.05) is 6.54 Å². The zero-order valence-electron chi connectivity index (χ0n) is 14.6. The molecule has 2 aromatic rings. The third-order valence-corrected chi connectivity index (χ3v) is 6.22. The van der Waals surface area contributed by atoms with Gasteiger partial charge < -0.3 is 14.3 Å². The first-order valence-electron chi connectivity index (χ1n) is 8.19. The molecule has 0 bridgehead atoms. The molecule has 1 aromatic carbocycles. The van der Waals surface area contributed by atoms with E-state index in [2.05, 4.69) is 4.72 Å². The number of benzene rings is 1. The van der Waals surface area contributed by atoms with E-state index < -0.39 is 15.6 Å². The monoisotopic (exact) mass is 365 g/mol. The smallest absolute Gasteiger partial charge is 0.244 e. The van der Waals surface area contributed by atoms with Gasteiger partial charge in [0.15, 0.2) is 0 Å². The highest BCUT2D eigenvalue weighted by atomic mass is 32.2. The summed E-state index contributed by atoms with van der Waals surface area (Å²) in [5.74, 6) is 0.649. The summed E-state index contributed by atoms with van der Waals surface area (Å²) < 4.78 is 38.7. The molecule has 3 rings (SSSR count). The van der Waals surface area contributed by atoms with E-state index in [4.69, 9.17) is 9.15 Å². The summed E-state index contributed by atoms with van der Waals surface area (Å²) in [5, 5.41) is 11.0. The second kappa shape index (κ2) is 6.48. The first-order chi connectivity index (χ1) is 11.8. The molecule has 0 spiro atoms. The van der Waals surface area contributed by atoms with Crippen LogP contribution in [-0.2, 0) is 15.6 Å². The zero-order valence-corrected chi connectivity index (χ0v) is 15.4. The summed E-state index contributed by atoms with van der Waals surface area (Å²) in [6.45, 7) is 3.59. The molecule has 1 fully saturated rings. The van der Waals surface area contributed by atoms with Gasteiger partial charge in [-0.2, -0.15) is 0 Å². The van der Waals surface area contributed by atoms with Crippen LogP contribution < -0.4 is 9.46 Å². The summed E-state index contributed by atoms with van der Waals surface area (Å²) >= 11 is 0. The van der Waals surface area contributed by atoms with Crippen LogP contribution >= 0.6 is 0 Å². The van der Waals surface area contributed by atoms with E-state index >= 15 is 0 Å². The Bertz CT molecular complexity index is 856. The van der Waals surface area contributed by atoms with Crippen molar-refractivity contribution in [1.29, 1.82) is 0 Å². The lowest BCUT2D eigenvalue weighted by Crippen LogP contribution is -2.42. The molecule has 6 nitrogen and oxygen atoms in total. The number of sulfonamides is 1. The molecule has 0 saturated heterocycles. The van der Waals surface area contributed by atoms with Crippen molar-refractivity contribution < 1.29 is 22.7 Å². The second-order valence-electron chi connectivity index (χ2n) is 6.59. The van der Waals surface area contributed by atoms with Crippen molar-refractivity contribution >= 4 is 10.0 Å². The summed E-state index contributed by atoms with van der Waals surface area (Å²) in [4.78, 5) is 0.0655. The van der Waals surface area contributed by atoms with Crippen LogP contribution in [0.1, 0.15) is 29.7 Å². The molecule has 1 atom stereocenters. The molecule has 0 amide bonds. The van der Waals surface area contributed by atoms with E-state index in [0.29, 0.717) is 5.76 Å². The van der Waals surface area contributed by atoms with E-state index in [9.17, 15) is 13.5 Å². The molecule has 1 unspecified atom stereocenters. The molecule has 0 radical (unpaired) electrons. The third kappa shape index (κ3) is 3.44. The Labute approximate surface area is 147 Å². The summed E-state index contributed by atoms with van der Waals surface area (Å²) in [7, 11) is -2.41. The number of furan rings is 1. The number of nitrogens with one attached hydrogen (secondary N) is 1. The number of aryl methyl sites for hydroxylation is 2. The van der Waals surface area contributed by atoms with E-state index in [1.807, 2.05) is 13.8 Å². The number of aliphatic hydroxyl groups is 1. The van der Waals surface area contributed by atoms with E-state index in [-0.39, 0.29) is 23.1 Å². The van der Waals surface area contributed by atoms with Gasteiger partial charge in [-0.25, -0.2) is 13.1 Å². The average molecular weight is 365 g/mol. The number of methoxy groups -OCH3 is 1. The minimum Gasteiger partial charge on any atom is -0.495 e. The maximum Gasteiger partial charge on any atom is 0.244 e. The lowest BCUT2D eigenvalue weighted by Gasteiger charge is -2.26. The standard InChI is InChI=1S/C18H23NO5S/c1-12-9-15(23-3)16(10-13(12)2)25(21,22)19-11-18(20,14-6-7-14)17-5-4-8-24-17/h4-5,8-10,14,19-20H,6-7,11H2,1-3H3. The maximum absolute atomic E-state index is 12.8. The van der Waals surface area contributed by atoms with Gasteiger partial charge in [0.05, 0.1) is 13.4 Å². The fourth-order valence-corrected chi connectivity index (χ4v) is 4.24. The van der Waals surface area contributed by atoms with Crippen LogP contribution in [0.5, 0.6) is 5.75 Å². The van der Waals surface area contributed by atoms with Gasteiger partial charge in [0.25, 0.3) is 0 Å². The van der Waals surface area contributed by atoms with Crippen LogP contribution in [0, 0.1) is 19.8 Å². The second-order valence-corrected chi connectivity index (χ2v) is 8.32. The minimum atomic E-state index is -3.85. The predicted octanol–water partition coefficient (Wildman–Crippen LogP) is 2.48. The van der Waals surface area contributed by atoms with Crippen LogP contribution in [0.25, 0.3) is 0 Å². The van der Waals surface area contributed by atoms with Gasteiger partial charge >= 0.3 is 0 Å². The van der Waals surface area contributed by atoms with Crippen LogP contribution in [0.2, 0.25) is 0 Å². The molecule has 0 aliphatic heterocycles. The molecule has 1 saturated carbocycles. The van der Waals surface area contributed by atoms with Crippen LogP contribution in [0.15, 0.2) is 39.8 Å². The van der Waals surface area contributed by atoms with Gasteiger partial charge in [-0.15, -0.1) is 0 Å². The van der Waals surface area contributed by atoms with Crippen molar-refractivity contribution in [3.05, 3.63) is 47.4 Å². The maximum atomic E-state index is 12.8. The fourth-order valence-electron chi connectivity index (χ4n) is 2.93. The summed E-state index contributed by atoms with van der Waals surface area (Å²) in [6, 6.07) is 6.63. The molecule has 1 aromatic heterocycles. The molecule has 1 aliphatic rings. The van der Waals surface area contributed by atoms with Crippen LogP contribution in [0.4, 0.5) is 0 Å². The molecular weight excluding hydrogens is 342 g/mol. The van der Waals surface area contributed by atoms with Crippen LogP contribution in [-0.4, -0.2) is 27.2 Å². The Morgan fingerprint density at radius 3 is 2.56 bits per heavy atom. The Morgan fingerprint density at radius 1 is 1.32 bits per heavy atom. The number of ether oxygens (including phenoxy) is 1. The Balaban J connectivity index is 1.88. The highest BCUT2D eigenvalue weighted by Gasteiger charge is 2.47. The summed E-state index contributed by atoms with van der Waals surface area (Å²) in [6.07, 6.45) is 3.15. The van der Waals surface area contributed by atoms with Gasteiger partial charge in [-0.3, -0.25) is 0 Å². The first kappa shape index (κ1) is 18.0. The molecular formula is C18H23NO5S. The molecule has 7 heteroatoms. The predicted molar refractivity (Wildman–Crippen MR) is 93.0 cm³/mol. The van der Waals surface area contributed by atoms with Crippen molar-refractivity contribution in [3.8, 4) is 5.75 Å². The van der Waals surface area contributed by atoms with Crippen molar-refractivity contribution in [2.24, 2.45) is 5.92 Å². The zero-order chi connectivity index (χ0) is 18.2. The number of hydrogen-bond acceptors (Lipinski definition) is 5. The first-order valence-corrected chi connectivity index (χ1v) is 9.67. The average Bonchev–Trinajstić information content (AvgIpc) is 3.29. The SMILES string of the molecule is COc1cc(C)c(C)cc1S(=O)(=O)NCC(O)(c1ccco1)C1CC1. The van der Waals surface area contributed by atoms with Gasteiger partial charge in [-0.1, -0.05) is 0 Å². The quantitative estimate of drug-likeness (QED) is 0.787. The van der Waals surface area contributed by atoms with Crippen molar-refractivity contribution in [2.45, 2.75) is 37.2 Å². The lowest BCUT2D eigenvalue weighted by atomic mass is 9.95. The molecule has 1 aliphatic carbocycles. The molecule has 25 heavy (non-hydrogen) atoms. The van der Waals surface area contributed by atoms with Crippen molar-refractivity contribution in [1.82, 2.24) is 4.72 Å². The molecule has 136 valence electrons. The Hall–Kier alpha value is -1.83. The normalized spacial score (nSPS) is 17.3. The Morgan fingerprint density at radius 2 is 2.00 bits per heavy atom. The third-order valence-electron chi connectivity index (χ3n) is 4.80. The van der Waals surface area contributed by atoms with Gasteiger partial charge in [0.1, 0.15) is 22.0 Å². The minimum absolute atomic E-state index is 0.0111. The van der Waals surface area contributed by atoms with Crippen molar-refractivity contribution in [3.63, 3.8) is 0 Å². The lowest BCUT2D eigenvalue weighted by molar-refractivity contribution is -0.00225. The number of hydrogen-bond donors (Lipinski definition) is 2. The van der Waals surface area contributed by atoms with Gasteiger partial charge in [0.2, 0.25) is 10.0 Å². The fraction of sp³-hybridized carbons (Fsp3) is 0.444. The topological polar surface area (TPSA) is 88.8 Å². The highest BCUT2D eigenvalue weighted by molar-refractivity contribution is 7.89. The largest absolute Gasteiger partial charge is 0.495 e. The highest BCUT2D eigenvalue weighted by Crippen LogP contribution is 2.45. The molecule has 1 heterocycles. The van der Waals surface area contributed by atoms with Crippen LogP contribution in [0.3, 0.4) is 0 Å².